The lowest BCUT2D eigenvalue weighted by Crippen LogP contribution is -2.29. The van der Waals surface area contributed by atoms with Gasteiger partial charge < -0.3 is 4.90 Å². The Balaban J connectivity index is 3.57. The highest BCUT2D eigenvalue weighted by Gasteiger charge is 2.33. The van der Waals surface area contributed by atoms with Gasteiger partial charge in [-0.3, -0.25) is 0 Å². The average Bonchev–Trinajstić information content (AvgIpc) is 2.37. The van der Waals surface area contributed by atoms with Crippen LogP contribution < -0.4 is 0 Å². The minimum Gasteiger partial charge on any atom is -0.377 e. The SMILES string of the molecule is CCN(C)C1=C(C#N)C(=C(C#N)C#N)CC(C)(C)C1. The number of rotatable bonds is 2. The molecule has 0 unspecified atom stereocenters. The van der Waals surface area contributed by atoms with Gasteiger partial charge >= 0.3 is 0 Å². The van der Waals surface area contributed by atoms with Crippen LogP contribution >= 0.6 is 0 Å². The van der Waals surface area contributed by atoms with Gasteiger partial charge in [-0.1, -0.05) is 13.8 Å². The number of nitrogens with zero attached hydrogens (tertiary/aromatic N) is 4. The van der Waals surface area contributed by atoms with Crippen molar-refractivity contribution in [2.24, 2.45) is 5.41 Å². The third-order valence-corrected chi connectivity index (χ3v) is 3.46. The van der Waals surface area contributed by atoms with Gasteiger partial charge in [-0.25, -0.2) is 0 Å². The Labute approximate surface area is 114 Å². The quantitative estimate of drug-likeness (QED) is 0.710. The summed E-state index contributed by atoms with van der Waals surface area (Å²) in [4.78, 5) is 2.02. The van der Waals surface area contributed by atoms with Gasteiger partial charge in [-0.2, -0.15) is 15.8 Å². The van der Waals surface area contributed by atoms with Gasteiger partial charge in [0, 0.05) is 24.9 Å². The third-order valence-electron chi connectivity index (χ3n) is 3.46. The van der Waals surface area contributed by atoms with Crippen molar-refractivity contribution in [2.75, 3.05) is 13.6 Å². The normalized spacial score (nSPS) is 17.2. The van der Waals surface area contributed by atoms with E-state index in [4.69, 9.17) is 10.5 Å². The van der Waals surface area contributed by atoms with Crippen LogP contribution in [0.2, 0.25) is 0 Å². The number of nitriles is 3. The topological polar surface area (TPSA) is 74.6 Å². The average molecular weight is 254 g/mol. The second kappa shape index (κ2) is 5.59. The van der Waals surface area contributed by atoms with Crippen molar-refractivity contribution in [1.29, 1.82) is 15.8 Å². The molecule has 4 heteroatoms. The molecule has 0 saturated heterocycles. The molecular formula is C15H18N4. The summed E-state index contributed by atoms with van der Waals surface area (Å²) in [6.45, 7) is 6.99. The maximum atomic E-state index is 9.40. The predicted octanol–water partition coefficient (Wildman–Crippen LogP) is 2.88. The first-order chi connectivity index (χ1) is 8.90. The maximum absolute atomic E-state index is 9.40. The van der Waals surface area contributed by atoms with E-state index in [0.29, 0.717) is 17.6 Å². The van der Waals surface area contributed by atoms with Crippen LogP contribution in [0.3, 0.4) is 0 Å². The Morgan fingerprint density at radius 2 is 1.79 bits per heavy atom. The van der Waals surface area contributed by atoms with Crippen molar-refractivity contribution >= 4 is 0 Å². The van der Waals surface area contributed by atoms with E-state index in [1.807, 2.05) is 31.0 Å². The molecule has 0 N–H and O–H groups in total. The highest BCUT2D eigenvalue weighted by Crippen LogP contribution is 2.43. The minimum absolute atomic E-state index is 0.0482. The molecule has 0 aromatic carbocycles. The van der Waals surface area contributed by atoms with Crippen LogP contribution in [-0.2, 0) is 0 Å². The van der Waals surface area contributed by atoms with Crippen LogP contribution in [0.5, 0.6) is 0 Å². The van der Waals surface area contributed by atoms with Crippen molar-refractivity contribution in [2.45, 2.75) is 33.6 Å². The van der Waals surface area contributed by atoms with Gasteiger partial charge in [0.15, 0.2) is 0 Å². The van der Waals surface area contributed by atoms with Gasteiger partial charge in [-0.05, 0) is 25.2 Å². The lowest BCUT2D eigenvalue weighted by atomic mass is 9.72. The van der Waals surface area contributed by atoms with Crippen LogP contribution in [-0.4, -0.2) is 18.5 Å². The van der Waals surface area contributed by atoms with E-state index in [0.717, 1.165) is 18.7 Å². The van der Waals surface area contributed by atoms with Crippen LogP contribution in [0, 0.1) is 39.4 Å². The molecule has 0 atom stereocenters. The molecule has 1 rings (SSSR count). The highest BCUT2D eigenvalue weighted by molar-refractivity contribution is 5.57. The van der Waals surface area contributed by atoms with Gasteiger partial charge in [0.25, 0.3) is 0 Å². The number of hydrogen-bond acceptors (Lipinski definition) is 4. The van der Waals surface area contributed by atoms with Crippen molar-refractivity contribution in [3.8, 4) is 18.2 Å². The van der Waals surface area contributed by atoms with Crippen molar-refractivity contribution in [3.05, 3.63) is 22.4 Å². The first kappa shape index (κ1) is 14.8. The smallest absolute Gasteiger partial charge is 0.134 e. The molecule has 0 fully saturated rings. The Morgan fingerprint density at radius 3 is 2.21 bits per heavy atom. The van der Waals surface area contributed by atoms with E-state index < -0.39 is 0 Å². The van der Waals surface area contributed by atoms with E-state index in [-0.39, 0.29) is 11.0 Å². The summed E-state index contributed by atoms with van der Waals surface area (Å²) >= 11 is 0. The zero-order chi connectivity index (χ0) is 14.6. The number of hydrogen-bond donors (Lipinski definition) is 0. The molecule has 0 heterocycles. The van der Waals surface area contributed by atoms with Crippen molar-refractivity contribution in [1.82, 2.24) is 4.90 Å². The monoisotopic (exact) mass is 254 g/mol. The van der Waals surface area contributed by atoms with E-state index in [1.165, 1.54) is 0 Å². The first-order valence-electron chi connectivity index (χ1n) is 6.28. The summed E-state index contributed by atoms with van der Waals surface area (Å²) in [5.41, 5.74) is 2.04. The second-order valence-corrected chi connectivity index (χ2v) is 5.54. The molecule has 0 aliphatic heterocycles. The molecule has 4 nitrogen and oxygen atoms in total. The Kier molecular flexibility index (Phi) is 4.36. The largest absolute Gasteiger partial charge is 0.377 e. The third kappa shape index (κ3) is 2.95. The highest BCUT2D eigenvalue weighted by atomic mass is 15.1. The molecule has 98 valence electrons. The van der Waals surface area contributed by atoms with Gasteiger partial charge in [0.05, 0.1) is 5.57 Å². The fourth-order valence-corrected chi connectivity index (χ4v) is 2.37. The van der Waals surface area contributed by atoms with Crippen LogP contribution in [0.1, 0.15) is 33.6 Å². The summed E-state index contributed by atoms with van der Waals surface area (Å²) in [5, 5.41) is 27.5. The predicted molar refractivity (Wildman–Crippen MR) is 72.2 cm³/mol. The van der Waals surface area contributed by atoms with Crippen molar-refractivity contribution < 1.29 is 0 Å². The van der Waals surface area contributed by atoms with E-state index in [2.05, 4.69) is 19.9 Å². The Morgan fingerprint density at radius 1 is 1.21 bits per heavy atom. The van der Waals surface area contributed by atoms with Gasteiger partial charge in [0.1, 0.15) is 23.8 Å². The molecule has 0 aromatic rings. The summed E-state index contributed by atoms with van der Waals surface area (Å²) in [6, 6.07) is 6.02. The summed E-state index contributed by atoms with van der Waals surface area (Å²) in [6.07, 6.45) is 1.38. The second-order valence-electron chi connectivity index (χ2n) is 5.54. The minimum atomic E-state index is -0.0482. The summed E-state index contributed by atoms with van der Waals surface area (Å²) < 4.78 is 0. The lowest BCUT2D eigenvalue weighted by Gasteiger charge is -2.36. The fourth-order valence-electron chi connectivity index (χ4n) is 2.37. The Hall–Kier alpha value is -2.25. The fraction of sp³-hybridized carbons (Fsp3) is 0.533. The van der Waals surface area contributed by atoms with E-state index in [1.54, 1.807) is 0 Å². The van der Waals surface area contributed by atoms with Crippen molar-refractivity contribution in [3.63, 3.8) is 0 Å². The van der Waals surface area contributed by atoms with E-state index >= 15 is 0 Å². The standard InChI is InChI=1S/C15H18N4/c1-5-19(4)14-7-15(2,3)6-12(13(14)10-18)11(8-16)9-17/h5-7H2,1-4H3. The molecule has 19 heavy (non-hydrogen) atoms. The lowest BCUT2D eigenvalue weighted by molar-refractivity contribution is 0.291. The van der Waals surface area contributed by atoms with Crippen LogP contribution in [0.4, 0.5) is 0 Å². The zero-order valence-electron chi connectivity index (χ0n) is 11.9. The molecule has 1 aliphatic rings. The molecule has 0 radical (unpaired) electrons. The van der Waals surface area contributed by atoms with Gasteiger partial charge in [-0.15, -0.1) is 0 Å². The Bertz CT molecular complexity index is 542. The summed E-state index contributed by atoms with van der Waals surface area (Å²) in [5.74, 6) is 0. The first-order valence-corrected chi connectivity index (χ1v) is 6.28. The molecular weight excluding hydrogens is 236 g/mol. The molecule has 0 amide bonds. The number of allylic oxidation sites excluding steroid dienone is 4. The molecule has 0 aromatic heterocycles. The zero-order valence-corrected chi connectivity index (χ0v) is 11.9. The maximum Gasteiger partial charge on any atom is 0.134 e. The van der Waals surface area contributed by atoms with Crippen LogP contribution in [0.15, 0.2) is 22.4 Å². The molecule has 0 spiro atoms. The molecule has 0 bridgehead atoms. The van der Waals surface area contributed by atoms with E-state index in [9.17, 15) is 5.26 Å². The molecule has 0 saturated carbocycles. The van der Waals surface area contributed by atoms with Crippen LogP contribution in [0.25, 0.3) is 0 Å². The van der Waals surface area contributed by atoms with Gasteiger partial charge in [0.2, 0.25) is 0 Å². The molecule has 1 aliphatic carbocycles. The summed E-state index contributed by atoms with van der Waals surface area (Å²) in [7, 11) is 1.93.